The Kier molecular flexibility index (Phi) is 6.90. The van der Waals surface area contributed by atoms with Crippen LogP contribution < -0.4 is 4.90 Å². The molecule has 1 aromatic carbocycles. The molecule has 5 nitrogen and oxygen atoms in total. The van der Waals surface area contributed by atoms with Crippen molar-refractivity contribution in [2.75, 3.05) is 32.6 Å². The Hall–Kier alpha value is -2.57. The van der Waals surface area contributed by atoms with Gasteiger partial charge in [-0.3, -0.25) is 9.69 Å². The lowest BCUT2D eigenvalue weighted by Gasteiger charge is -2.24. The fraction of sp³-hybridized carbons (Fsp3) is 0.318. The van der Waals surface area contributed by atoms with Crippen LogP contribution in [0.3, 0.4) is 0 Å². The van der Waals surface area contributed by atoms with Crippen molar-refractivity contribution in [3.63, 3.8) is 0 Å². The van der Waals surface area contributed by atoms with Crippen LogP contribution in [0.15, 0.2) is 64.6 Å². The van der Waals surface area contributed by atoms with Gasteiger partial charge in [0.25, 0.3) is 0 Å². The van der Waals surface area contributed by atoms with Crippen molar-refractivity contribution < 1.29 is 9.21 Å². The van der Waals surface area contributed by atoms with Crippen LogP contribution in [-0.2, 0) is 24.4 Å². The van der Waals surface area contributed by atoms with Crippen molar-refractivity contribution in [2.24, 2.45) is 0 Å². The Balaban J connectivity index is 1.61. The van der Waals surface area contributed by atoms with E-state index in [0.29, 0.717) is 19.6 Å². The van der Waals surface area contributed by atoms with E-state index in [1.807, 2.05) is 39.3 Å². The van der Waals surface area contributed by atoms with Crippen molar-refractivity contribution in [2.45, 2.75) is 19.6 Å². The fourth-order valence-electron chi connectivity index (χ4n) is 2.99. The molecule has 2 aromatic heterocycles. The first-order chi connectivity index (χ1) is 13.5. The molecule has 28 heavy (non-hydrogen) atoms. The predicted octanol–water partition coefficient (Wildman–Crippen LogP) is 4.07. The summed E-state index contributed by atoms with van der Waals surface area (Å²) in [7, 11) is 5.90. The number of nitrogens with zero attached hydrogens (tertiary/aromatic N) is 3. The number of furan rings is 1. The number of rotatable bonds is 9. The predicted molar refractivity (Wildman–Crippen MR) is 114 cm³/mol. The van der Waals surface area contributed by atoms with E-state index in [2.05, 4.69) is 45.5 Å². The number of anilines is 1. The number of likely N-dealkylation sites (N-methyl/N-ethyl adjacent to an activating group) is 1. The summed E-state index contributed by atoms with van der Waals surface area (Å²) in [6, 6.07) is 16.3. The van der Waals surface area contributed by atoms with Gasteiger partial charge in [-0.15, -0.1) is 11.3 Å². The van der Waals surface area contributed by atoms with Crippen molar-refractivity contribution in [3.05, 3.63) is 76.4 Å². The highest BCUT2D eigenvalue weighted by Crippen LogP contribution is 2.16. The van der Waals surface area contributed by atoms with Crippen molar-refractivity contribution in [1.29, 1.82) is 0 Å². The molecule has 0 bridgehead atoms. The number of carbonyl (C=O) groups is 1. The molecule has 148 valence electrons. The van der Waals surface area contributed by atoms with Crippen LogP contribution in [0, 0.1) is 0 Å². The minimum Gasteiger partial charge on any atom is -0.468 e. The van der Waals surface area contributed by atoms with Crippen LogP contribution in [0.25, 0.3) is 0 Å². The third kappa shape index (κ3) is 5.71. The second-order valence-electron chi connectivity index (χ2n) is 7.11. The van der Waals surface area contributed by atoms with Gasteiger partial charge >= 0.3 is 0 Å². The molecule has 0 N–H and O–H groups in total. The molecular weight excluding hydrogens is 370 g/mol. The zero-order chi connectivity index (χ0) is 19.9. The quantitative estimate of drug-likeness (QED) is 0.546. The molecule has 0 aliphatic rings. The Bertz CT molecular complexity index is 806. The summed E-state index contributed by atoms with van der Waals surface area (Å²) in [6.45, 7) is 2.29. The van der Waals surface area contributed by atoms with Gasteiger partial charge in [-0.05, 0) is 41.3 Å². The van der Waals surface area contributed by atoms with Gasteiger partial charge < -0.3 is 14.2 Å². The molecule has 0 fully saturated rings. The number of thiophene rings is 1. The molecule has 1 amide bonds. The van der Waals surface area contributed by atoms with Gasteiger partial charge in [0.05, 0.1) is 19.4 Å². The fourth-order valence-corrected chi connectivity index (χ4v) is 3.73. The smallest absolute Gasteiger partial charge is 0.236 e. The van der Waals surface area contributed by atoms with Gasteiger partial charge in [0.2, 0.25) is 5.91 Å². The molecule has 6 heteroatoms. The number of hydrogen-bond donors (Lipinski definition) is 0. The SMILES string of the molecule is CN(Cc1ccc(N(C)C)cc1)C(=O)CN(Cc1ccco1)Cc1cccs1. The summed E-state index contributed by atoms with van der Waals surface area (Å²) in [4.78, 5) is 20.1. The summed E-state index contributed by atoms with van der Waals surface area (Å²) in [5.41, 5.74) is 2.27. The van der Waals surface area contributed by atoms with E-state index in [1.54, 1.807) is 22.5 Å². The molecule has 0 spiro atoms. The third-order valence-electron chi connectivity index (χ3n) is 4.58. The van der Waals surface area contributed by atoms with Crippen molar-refractivity contribution in [3.8, 4) is 0 Å². The van der Waals surface area contributed by atoms with E-state index in [1.165, 1.54) is 4.88 Å². The summed E-state index contributed by atoms with van der Waals surface area (Å²) < 4.78 is 5.48. The zero-order valence-electron chi connectivity index (χ0n) is 16.7. The summed E-state index contributed by atoms with van der Waals surface area (Å²) in [5, 5.41) is 2.06. The highest BCUT2D eigenvalue weighted by atomic mass is 32.1. The van der Waals surface area contributed by atoms with E-state index in [0.717, 1.165) is 23.6 Å². The highest BCUT2D eigenvalue weighted by molar-refractivity contribution is 7.09. The highest BCUT2D eigenvalue weighted by Gasteiger charge is 2.17. The average molecular weight is 398 g/mol. The summed E-state index contributed by atoms with van der Waals surface area (Å²) >= 11 is 1.70. The first-order valence-electron chi connectivity index (χ1n) is 9.28. The van der Waals surface area contributed by atoms with Gasteiger partial charge in [-0.1, -0.05) is 18.2 Å². The van der Waals surface area contributed by atoms with E-state index in [4.69, 9.17) is 4.42 Å². The molecule has 0 saturated carbocycles. The van der Waals surface area contributed by atoms with Gasteiger partial charge in [0, 0.05) is 44.8 Å². The lowest BCUT2D eigenvalue weighted by Crippen LogP contribution is -2.37. The van der Waals surface area contributed by atoms with E-state index in [-0.39, 0.29) is 5.91 Å². The molecule has 0 saturated heterocycles. The number of carbonyl (C=O) groups excluding carboxylic acids is 1. The van der Waals surface area contributed by atoms with Crippen molar-refractivity contribution in [1.82, 2.24) is 9.80 Å². The Labute approximate surface area is 170 Å². The van der Waals surface area contributed by atoms with E-state index in [9.17, 15) is 4.79 Å². The maximum atomic E-state index is 12.8. The normalized spacial score (nSPS) is 11.0. The first-order valence-corrected chi connectivity index (χ1v) is 10.2. The van der Waals surface area contributed by atoms with Gasteiger partial charge in [0.15, 0.2) is 0 Å². The maximum Gasteiger partial charge on any atom is 0.236 e. The Morgan fingerprint density at radius 1 is 0.964 bits per heavy atom. The molecule has 0 radical (unpaired) electrons. The average Bonchev–Trinajstić information content (AvgIpc) is 3.36. The minimum atomic E-state index is 0.0970. The Morgan fingerprint density at radius 2 is 1.75 bits per heavy atom. The molecule has 3 rings (SSSR count). The van der Waals surface area contributed by atoms with Crippen LogP contribution >= 0.6 is 11.3 Å². The van der Waals surface area contributed by atoms with Gasteiger partial charge in [0.1, 0.15) is 5.76 Å². The molecule has 0 aliphatic carbocycles. The van der Waals surface area contributed by atoms with Crippen molar-refractivity contribution >= 4 is 22.9 Å². The molecule has 0 atom stereocenters. The summed E-state index contributed by atoms with van der Waals surface area (Å²) in [6.07, 6.45) is 1.67. The first kappa shape index (κ1) is 20.2. The van der Waals surface area contributed by atoms with Gasteiger partial charge in [-0.2, -0.15) is 0 Å². The molecule has 0 unspecified atom stereocenters. The molecule has 2 heterocycles. The van der Waals surface area contributed by atoms with Gasteiger partial charge in [-0.25, -0.2) is 0 Å². The molecular formula is C22H27N3O2S. The lowest BCUT2D eigenvalue weighted by molar-refractivity contribution is -0.132. The molecule has 0 aliphatic heterocycles. The summed E-state index contributed by atoms with van der Waals surface area (Å²) in [5.74, 6) is 0.964. The van der Waals surface area contributed by atoms with Crippen LogP contribution in [0.4, 0.5) is 5.69 Å². The molecule has 3 aromatic rings. The topological polar surface area (TPSA) is 39.9 Å². The zero-order valence-corrected chi connectivity index (χ0v) is 17.5. The standard InChI is InChI=1S/C22H27N3O2S/c1-23(2)19-10-8-18(9-11-19)14-24(3)22(26)17-25(15-20-6-4-12-27-20)16-21-7-5-13-28-21/h4-13H,14-17H2,1-3H3. The second kappa shape index (κ2) is 9.57. The maximum absolute atomic E-state index is 12.8. The van der Waals surface area contributed by atoms with E-state index < -0.39 is 0 Å². The Morgan fingerprint density at radius 3 is 2.36 bits per heavy atom. The van der Waals surface area contributed by atoms with Crippen LogP contribution in [0.2, 0.25) is 0 Å². The second-order valence-corrected chi connectivity index (χ2v) is 8.15. The lowest BCUT2D eigenvalue weighted by atomic mass is 10.2. The van der Waals surface area contributed by atoms with Crippen LogP contribution in [0.5, 0.6) is 0 Å². The van der Waals surface area contributed by atoms with Crippen LogP contribution in [-0.4, -0.2) is 43.4 Å². The number of benzene rings is 1. The number of hydrogen-bond acceptors (Lipinski definition) is 5. The van der Waals surface area contributed by atoms with Crippen LogP contribution in [0.1, 0.15) is 16.2 Å². The monoisotopic (exact) mass is 397 g/mol. The minimum absolute atomic E-state index is 0.0970. The third-order valence-corrected chi connectivity index (χ3v) is 5.44. The van der Waals surface area contributed by atoms with E-state index >= 15 is 0 Å². The number of amides is 1. The largest absolute Gasteiger partial charge is 0.468 e.